The van der Waals surface area contributed by atoms with E-state index in [4.69, 9.17) is 4.74 Å². The van der Waals surface area contributed by atoms with Crippen LogP contribution in [0.25, 0.3) is 0 Å². The molecule has 0 aliphatic carbocycles. The first-order chi connectivity index (χ1) is 13.3. The van der Waals surface area contributed by atoms with E-state index in [1.807, 2.05) is 42.2 Å². The Bertz CT molecular complexity index is 682. The molecule has 3 rings (SSSR count). The summed E-state index contributed by atoms with van der Waals surface area (Å²) >= 11 is 0. The summed E-state index contributed by atoms with van der Waals surface area (Å²) in [6, 6.07) is 20.9. The number of hydrogen-bond donors (Lipinski definition) is 0. The van der Waals surface area contributed by atoms with Gasteiger partial charge in [-0.1, -0.05) is 48.5 Å². The number of carbonyl (C=O) groups excluding carboxylic acids is 1. The minimum Gasteiger partial charge on any atom is -0.372 e. The topological polar surface area (TPSA) is 32.8 Å². The number of ether oxygens (including phenoxy) is 1. The van der Waals surface area contributed by atoms with Crippen LogP contribution < -0.4 is 4.90 Å². The van der Waals surface area contributed by atoms with Crippen molar-refractivity contribution in [2.24, 2.45) is 0 Å². The molecule has 0 atom stereocenters. The second-order valence-corrected chi connectivity index (χ2v) is 7.04. The lowest BCUT2D eigenvalue weighted by Gasteiger charge is -2.38. The van der Waals surface area contributed by atoms with Gasteiger partial charge in [0, 0.05) is 38.0 Å². The van der Waals surface area contributed by atoms with Gasteiger partial charge in [-0.15, -0.1) is 0 Å². The predicted octanol–water partition coefficient (Wildman–Crippen LogP) is 3.76. The monoisotopic (exact) mass is 366 g/mol. The molecule has 1 heterocycles. The second-order valence-electron chi connectivity index (χ2n) is 7.04. The lowest BCUT2D eigenvalue weighted by atomic mass is 10.0. The molecule has 2 aromatic carbocycles. The van der Waals surface area contributed by atoms with Crippen LogP contribution in [0.15, 0.2) is 60.7 Å². The molecule has 0 aromatic heterocycles. The van der Waals surface area contributed by atoms with E-state index in [0.717, 1.165) is 44.6 Å². The number of amides is 1. The van der Waals surface area contributed by atoms with Gasteiger partial charge in [-0.2, -0.15) is 0 Å². The summed E-state index contributed by atoms with van der Waals surface area (Å²) < 4.78 is 5.40. The largest absolute Gasteiger partial charge is 0.372 e. The van der Waals surface area contributed by atoms with Crippen LogP contribution in [0.5, 0.6) is 0 Å². The van der Waals surface area contributed by atoms with Crippen LogP contribution in [-0.2, 0) is 16.0 Å². The van der Waals surface area contributed by atoms with E-state index >= 15 is 0 Å². The third-order valence-corrected chi connectivity index (χ3v) is 5.21. The third kappa shape index (κ3) is 5.65. The first kappa shape index (κ1) is 19.6. The van der Waals surface area contributed by atoms with Crippen LogP contribution in [0.1, 0.15) is 25.3 Å². The quantitative estimate of drug-likeness (QED) is 0.713. The van der Waals surface area contributed by atoms with E-state index in [1.165, 1.54) is 5.56 Å². The van der Waals surface area contributed by atoms with Crippen molar-refractivity contribution in [3.63, 3.8) is 0 Å². The molecule has 144 valence electrons. The van der Waals surface area contributed by atoms with Gasteiger partial charge in [0.2, 0.25) is 0 Å². The molecule has 2 aromatic rings. The molecule has 1 aliphatic rings. The molecule has 1 saturated heterocycles. The molecule has 1 aliphatic heterocycles. The number of benzene rings is 2. The Hall–Kier alpha value is -2.17. The van der Waals surface area contributed by atoms with Crippen molar-refractivity contribution in [1.29, 1.82) is 0 Å². The lowest BCUT2D eigenvalue weighted by molar-refractivity contribution is -0.123. The van der Waals surface area contributed by atoms with E-state index in [1.54, 1.807) is 0 Å². The molecule has 4 heteroatoms. The fourth-order valence-electron chi connectivity index (χ4n) is 3.74. The number of para-hydroxylation sites is 1. The summed E-state index contributed by atoms with van der Waals surface area (Å²) in [5.74, 6) is 0.0609. The van der Waals surface area contributed by atoms with Gasteiger partial charge in [-0.25, -0.2) is 0 Å². The lowest BCUT2D eigenvalue weighted by Crippen LogP contribution is -2.49. The molecule has 0 radical (unpaired) electrons. The van der Waals surface area contributed by atoms with Crippen molar-refractivity contribution < 1.29 is 9.53 Å². The molecule has 0 unspecified atom stereocenters. The standard InChI is InChI=1S/C23H30N2O2/c1-2-27-19-23(26)25(21-11-7-4-8-12-21)22-14-17-24(18-15-22)16-13-20-9-5-3-6-10-20/h3-12,22H,2,13-19H2,1H3. The Morgan fingerprint density at radius 2 is 1.67 bits per heavy atom. The number of hydrogen-bond acceptors (Lipinski definition) is 3. The Labute approximate surface area is 162 Å². The highest BCUT2D eigenvalue weighted by Crippen LogP contribution is 2.24. The SMILES string of the molecule is CCOCC(=O)N(c1ccccc1)C1CCN(CCc2ccccc2)CC1. The minimum atomic E-state index is 0.0609. The number of rotatable bonds is 8. The van der Waals surface area contributed by atoms with Crippen LogP contribution in [0.3, 0.4) is 0 Å². The Balaban J connectivity index is 1.58. The van der Waals surface area contributed by atoms with E-state index in [-0.39, 0.29) is 18.6 Å². The average molecular weight is 367 g/mol. The normalized spacial score (nSPS) is 15.6. The molecule has 27 heavy (non-hydrogen) atoms. The third-order valence-electron chi connectivity index (χ3n) is 5.21. The highest BCUT2D eigenvalue weighted by atomic mass is 16.5. The second kappa shape index (κ2) is 10.2. The molecule has 0 bridgehead atoms. The van der Waals surface area contributed by atoms with E-state index in [0.29, 0.717) is 6.61 Å². The smallest absolute Gasteiger partial charge is 0.253 e. The summed E-state index contributed by atoms with van der Waals surface area (Å²) in [6.07, 6.45) is 3.08. The van der Waals surface area contributed by atoms with Crippen molar-refractivity contribution in [2.75, 3.05) is 37.7 Å². The molecule has 0 spiro atoms. The number of carbonyl (C=O) groups is 1. The molecule has 1 amide bonds. The summed E-state index contributed by atoms with van der Waals surface area (Å²) in [5.41, 5.74) is 2.36. The number of nitrogens with zero attached hydrogens (tertiary/aromatic N) is 2. The highest BCUT2D eigenvalue weighted by molar-refractivity contribution is 5.94. The molecular formula is C23H30N2O2. The maximum absolute atomic E-state index is 12.8. The van der Waals surface area contributed by atoms with Gasteiger partial charge in [0.15, 0.2) is 0 Å². The van der Waals surface area contributed by atoms with Crippen molar-refractivity contribution >= 4 is 11.6 Å². The number of piperidine rings is 1. The molecule has 1 fully saturated rings. The van der Waals surface area contributed by atoms with Crippen LogP contribution >= 0.6 is 0 Å². The summed E-state index contributed by atoms with van der Waals surface area (Å²) in [6.45, 7) is 5.78. The van der Waals surface area contributed by atoms with Crippen molar-refractivity contribution in [2.45, 2.75) is 32.2 Å². The Kier molecular flexibility index (Phi) is 7.43. The molecule has 0 saturated carbocycles. The summed E-state index contributed by atoms with van der Waals surface area (Å²) in [7, 11) is 0. The first-order valence-corrected chi connectivity index (χ1v) is 9.99. The highest BCUT2D eigenvalue weighted by Gasteiger charge is 2.28. The van der Waals surface area contributed by atoms with Gasteiger partial charge < -0.3 is 14.5 Å². The van der Waals surface area contributed by atoms with Gasteiger partial charge >= 0.3 is 0 Å². The van der Waals surface area contributed by atoms with Gasteiger partial charge in [0.1, 0.15) is 6.61 Å². The van der Waals surface area contributed by atoms with Gasteiger partial charge in [-0.05, 0) is 43.9 Å². The van der Waals surface area contributed by atoms with E-state index in [9.17, 15) is 4.79 Å². The fraction of sp³-hybridized carbons (Fsp3) is 0.435. The van der Waals surface area contributed by atoms with Crippen LogP contribution in [0.4, 0.5) is 5.69 Å². The van der Waals surface area contributed by atoms with Crippen LogP contribution in [-0.4, -0.2) is 49.7 Å². The maximum Gasteiger partial charge on any atom is 0.253 e. The Morgan fingerprint density at radius 1 is 1.04 bits per heavy atom. The zero-order valence-electron chi connectivity index (χ0n) is 16.2. The minimum absolute atomic E-state index is 0.0609. The van der Waals surface area contributed by atoms with Crippen molar-refractivity contribution in [1.82, 2.24) is 4.90 Å². The molecule has 0 N–H and O–H groups in total. The maximum atomic E-state index is 12.8. The van der Waals surface area contributed by atoms with Gasteiger partial charge in [0.25, 0.3) is 5.91 Å². The van der Waals surface area contributed by atoms with Crippen molar-refractivity contribution in [3.05, 3.63) is 66.2 Å². The zero-order chi connectivity index (χ0) is 18.9. The Morgan fingerprint density at radius 3 is 2.30 bits per heavy atom. The van der Waals surface area contributed by atoms with Crippen molar-refractivity contribution in [3.8, 4) is 0 Å². The molecular weight excluding hydrogens is 336 g/mol. The molecule has 4 nitrogen and oxygen atoms in total. The van der Waals surface area contributed by atoms with E-state index < -0.39 is 0 Å². The van der Waals surface area contributed by atoms with E-state index in [2.05, 4.69) is 35.2 Å². The fourth-order valence-corrected chi connectivity index (χ4v) is 3.74. The average Bonchev–Trinajstić information content (AvgIpc) is 2.73. The van der Waals surface area contributed by atoms with Crippen LogP contribution in [0, 0.1) is 0 Å². The van der Waals surface area contributed by atoms with Gasteiger partial charge in [0.05, 0.1) is 0 Å². The number of anilines is 1. The van der Waals surface area contributed by atoms with Gasteiger partial charge in [-0.3, -0.25) is 4.79 Å². The summed E-state index contributed by atoms with van der Waals surface area (Å²) in [4.78, 5) is 17.3. The zero-order valence-corrected chi connectivity index (χ0v) is 16.2. The predicted molar refractivity (Wildman–Crippen MR) is 110 cm³/mol. The van der Waals surface area contributed by atoms with Crippen LogP contribution in [0.2, 0.25) is 0 Å². The number of likely N-dealkylation sites (tertiary alicyclic amines) is 1. The summed E-state index contributed by atoms with van der Waals surface area (Å²) in [5, 5.41) is 0. The first-order valence-electron chi connectivity index (χ1n) is 9.99.